The van der Waals surface area contributed by atoms with Gasteiger partial charge in [0.15, 0.2) is 0 Å². The van der Waals surface area contributed by atoms with Crippen molar-refractivity contribution < 1.29 is 9.47 Å². The van der Waals surface area contributed by atoms with Crippen LogP contribution in [0.3, 0.4) is 0 Å². The molecule has 0 radical (unpaired) electrons. The quantitative estimate of drug-likeness (QED) is 0.591. The van der Waals surface area contributed by atoms with E-state index in [1.165, 1.54) is 0 Å². The minimum absolute atomic E-state index is 0.457. The summed E-state index contributed by atoms with van der Waals surface area (Å²) in [6.07, 6.45) is 4.51. The number of unbranched alkanes of at least 4 members (excludes halogenated alkanes) is 1. The molecule has 0 saturated heterocycles. The van der Waals surface area contributed by atoms with Crippen LogP contribution in [0.25, 0.3) is 0 Å². The molecule has 17 heavy (non-hydrogen) atoms. The van der Waals surface area contributed by atoms with Gasteiger partial charge >= 0.3 is 0 Å². The normalized spacial score (nSPS) is 18.6. The number of rotatable bonds is 10. The summed E-state index contributed by atoms with van der Waals surface area (Å²) in [5, 5.41) is 12.3. The smallest absolute Gasteiger partial charge is 0.132 e. The lowest BCUT2D eigenvalue weighted by Gasteiger charge is -2.25. The number of ether oxygens (including phenoxy) is 2. The highest BCUT2D eigenvalue weighted by Crippen LogP contribution is 2.39. The Hall–Kier alpha value is -0.630. The maximum atomic E-state index is 9.24. The van der Waals surface area contributed by atoms with E-state index >= 15 is 0 Å². The predicted molar refractivity (Wildman–Crippen MR) is 66.7 cm³/mol. The second kappa shape index (κ2) is 7.65. The van der Waals surface area contributed by atoms with Gasteiger partial charge in [-0.2, -0.15) is 5.26 Å². The summed E-state index contributed by atoms with van der Waals surface area (Å²) < 4.78 is 11.0. The Morgan fingerprint density at radius 2 is 2.00 bits per heavy atom. The molecule has 0 heterocycles. The third kappa shape index (κ3) is 4.63. The molecule has 1 rings (SSSR count). The molecule has 1 aliphatic rings. The van der Waals surface area contributed by atoms with Crippen molar-refractivity contribution in [2.45, 2.75) is 38.1 Å². The van der Waals surface area contributed by atoms with Gasteiger partial charge in [-0.05, 0) is 32.2 Å². The monoisotopic (exact) mass is 240 g/mol. The molecule has 1 aliphatic carbocycles. The van der Waals surface area contributed by atoms with Crippen LogP contribution in [0, 0.1) is 17.2 Å². The molecule has 0 aromatic carbocycles. The van der Waals surface area contributed by atoms with Crippen LogP contribution in [-0.2, 0) is 9.47 Å². The Balaban J connectivity index is 2.09. The van der Waals surface area contributed by atoms with Gasteiger partial charge in [-0.3, -0.25) is 0 Å². The van der Waals surface area contributed by atoms with Crippen LogP contribution < -0.4 is 5.32 Å². The van der Waals surface area contributed by atoms with Crippen LogP contribution in [0.5, 0.6) is 0 Å². The fourth-order valence-electron chi connectivity index (χ4n) is 1.85. The first kappa shape index (κ1) is 14.4. The fraction of sp³-hybridized carbons (Fsp3) is 0.923. The molecular formula is C13H24N2O2. The zero-order valence-electron chi connectivity index (χ0n) is 11.0. The summed E-state index contributed by atoms with van der Waals surface area (Å²) in [6, 6.07) is 2.36. The van der Waals surface area contributed by atoms with E-state index in [2.05, 4.69) is 18.3 Å². The summed E-state index contributed by atoms with van der Waals surface area (Å²) >= 11 is 0. The van der Waals surface area contributed by atoms with E-state index in [4.69, 9.17) is 9.47 Å². The molecular weight excluding hydrogens is 216 g/mol. The summed E-state index contributed by atoms with van der Waals surface area (Å²) in [6.45, 7) is 4.60. The third-order valence-electron chi connectivity index (χ3n) is 3.26. The van der Waals surface area contributed by atoms with E-state index in [-0.39, 0.29) is 0 Å². The Morgan fingerprint density at radius 3 is 2.53 bits per heavy atom. The maximum Gasteiger partial charge on any atom is 0.132 e. The minimum Gasteiger partial charge on any atom is -0.379 e. The number of hydrogen-bond donors (Lipinski definition) is 1. The van der Waals surface area contributed by atoms with Gasteiger partial charge in [-0.15, -0.1) is 0 Å². The van der Waals surface area contributed by atoms with E-state index in [1.807, 2.05) is 7.05 Å². The highest BCUT2D eigenvalue weighted by atomic mass is 16.5. The van der Waals surface area contributed by atoms with Gasteiger partial charge in [0.2, 0.25) is 0 Å². The maximum absolute atomic E-state index is 9.24. The second-order valence-corrected chi connectivity index (χ2v) is 4.63. The number of hydrogen-bond acceptors (Lipinski definition) is 4. The summed E-state index contributed by atoms with van der Waals surface area (Å²) in [7, 11) is 1.84. The van der Waals surface area contributed by atoms with Crippen molar-refractivity contribution in [3.8, 4) is 6.07 Å². The fourth-order valence-corrected chi connectivity index (χ4v) is 1.85. The summed E-state index contributed by atoms with van der Waals surface area (Å²) in [5.41, 5.74) is -0.483. The van der Waals surface area contributed by atoms with Crippen LogP contribution in [0.4, 0.5) is 0 Å². The Bertz CT molecular complexity index is 248. The van der Waals surface area contributed by atoms with Gasteiger partial charge in [0.25, 0.3) is 0 Å². The van der Waals surface area contributed by atoms with Gasteiger partial charge in [-0.25, -0.2) is 0 Å². The Labute approximate surface area is 104 Å². The average molecular weight is 240 g/mol. The summed E-state index contributed by atoms with van der Waals surface area (Å²) in [4.78, 5) is 0. The molecule has 0 aromatic heterocycles. The predicted octanol–water partition coefficient (Wildman–Crippen LogP) is 1.71. The number of nitrogens with zero attached hydrogens (tertiary/aromatic N) is 1. The van der Waals surface area contributed by atoms with Gasteiger partial charge in [0, 0.05) is 6.61 Å². The average Bonchev–Trinajstić information content (AvgIpc) is 3.18. The van der Waals surface area contributed by atoms with Crippen LogP contribution in [-0.4, -0.2) is 39.0 Å². The van der Waals surface area contributed by atoms with E-state index in [1.54, 1.807) is 0 Å². The van der Waals surface area contributed by atoms with Gasteiger partial charge in [0.1, 0.15) is 5.54 Å². The molecule has 1 unspecified atom stereocenters. The van der Waals surface area contributed by atoms with Gasteiger partial charge < -0.3 is 14.8 Å². The van der Waals surface area contributed by atoms with E-state index in [0.29, 0.717) is 25.7 Å². The standard InChI is InChI=1S/C13H24N2O2/c1-3-4-7-16-8-9-17-11-13(10-14,15-2)12-5-6-12/h12,15H,3-9,11H2,1-2H3. The van der Waals surface area contributed by atoms with Gasteiger partial charge in [-0.1, -0.05) is 13.3 Å². The molecule has 0 aliphatic heterocycles. The molecule has 4 heteroatoms. The topological polar surface area (TPSA) is 54.3 Å². The highest BCUT2D eigenvalue weighted by Gasteiger charge is 2.44. The molecule has 0 bridgehead atoms. The van der Waals surface area contributed by atoms with Crippen molar-refractivity contribution in [3.63, 3.8) is 0 Å². The molecule has 98 valence electrons. The zero-order chi connectivity index (χ0) is 12.6. The lowest BCUT2D eigenvalue weighted by Crippen LogP contribution is -2.48. The first-order valence-corrected chi connectivity index (χ1v) is 6.54. The minimum atomic E-state index is -0.483. The first-order valence-electron chi connectivity index (χ1n) is 6.54. The van der Waals surface area contributed by atoms with E-state index < -0.39 is 5.54 Å². The Morgan fingerprint density at radius 1 is 1.29 bits per heavy atom. The largest absolute Gasteiger partial charge is 0.379 e. The van der Waals surface area contributed by atoms with Crippen LogP contribution >= 0.6 is 0 Å². The third-order valence-corrected chi connectivity index (χ3v) is 3.26. The highest BCUT2D eigenvalue weighted by molar-refractivity contribution is 5.14. The molecule has 4 nitrogen and oxygen atoms in total. The number of nitrogens with one attached hydrogen (secondary N) is 1. The summed E-state index contributed by atoms with van der Waals surface area (Å²) in [5.74, 6) is 0.457. The molecule has 1 N–H and O–H groups in total. The second-order valence-electron chi connectivity index (χ2n) is 4.63. The van der Waals surface area contributed by atoms with Crippen molar-refractivity contribution in [3.05, 3.63) is 0 Å². The molecule has 0 amide bonds. The van der Waals surface area contributed by atoms with Crippen LogP contribution in [0.2, 0.25) is 0 Å². The molecule has 1 fully saturated rings. The van der Waals surface area contributed by atoms with E-state index in [9.17, 15) is 5.26 Å². The number of likely N-dealkylation sites (N-methyl/N-ethyl adjacent to an activating group) is 1. The molecule has 1 saturated carbocycles. The lowest BCUT2D eigenvalue weighted by molar-refractivity contribution is 0.0262. The Kier molecular flexibility index (Phi) is 6.49. The SMILES string of the molecule is CCCCOCCOCC(C#N)(NC)C1CC1. The van der Waals surface area contributed by atoms with Gasteiger partial charge in [0.05, 0.1) is 25.9 Å². The number of nitriles is 1. The van der Waals surface area contributed by atoms with Crippen molar-refractivity contribution >= 4 is 0 Å². The van der Waals surface area contributed by atoms with Crippen molar-refractivity contribution in [1.82, 2.24) is 5.32 Å². The first-order chi connectivity index (χ1) is 8.29. The zero-order valence-corrected chi connectivity index (χ0v) is 11.0. The van der Waals surface area contributed by atoms with E-state index in [0.717, 1.165) is 32.3 Å². The molecule has 0 aromatic rings. The lowest BCUT2D eigenvalue weighted by atomic mass is 9.97. The molecule has 1 atom stereocenters. The van der Waals surface area contributed by atoms with Crippen molar-refractivity contribution in [2.24, 2.45) is 5.92 Å². The van der Waals surface area contributed by atoms with Crippen LogP contribution in [0.15, 0.2) is 0 Å². The van der Waals surface area contributed by atoms with Crippen molar-refractivity contribution in [2.75, 3.05) is 33.5 Å². The van der Waals surface area contributed by atoms with Crippen molar-refractivity contribution in [1.29, 1.82) is 5.26 Å². The van der Waals surface area contributed by atoms with Crippen LogP contribution in [0.1, 0.15) is 32.6 Å². The molecule has 0 spiro atoms.